The van der Waals surface area contributed by atoms with Crippen LogP contribution in [0, 0.1) is 0 Å². The first-order valence-electron chi connectivity index (χ1n) is 5.53. The van der Waals surface area contributed by atoms with Crippen molar-refractivity contribution in [2.75, 3.05) is 37.2 Å². The van der Waals surface area contributed by atoms with E-state index in [0.29, 0.717) is 5.82 Å². The molecule has 0 unspecified atom stereocenters. The van der Waals surface area contributed by atoms with Gasteiger partial charge in [-0.3, -0.25) is 5.10 Å². The first-order valence-corrected chi connectivity index (χ1v) is 5.53. The zero-order valence-corrected chi connectivity index (χ0v) is 9.58. The van der Waals surface area contributed by atoms with Gasteiger partial charge in [0.1, 0.15) is 5.82 Å². The van der Waals surface area contributed by atoms with Gasteiger partial charge in [-0.25, -0.2) is 0 Å². The van der Waals surface area contributed by atoms with E-state index in [1.807, 2.05) is 0 Å². The fraction of sp³-hybridized carbons (Fsp3) is 0.700. The Bertz CT molecular complexity index is 267. The number of hydrogen-bond acceptors (Lipinski definition) is 4. The molecule has 1 rings (SSSR count). The number of hydrogen-bond donors (Lipinski definition) is 3. The van der Waals surface area contributed by atoms with Crippen molar-refractivity contribution in [1.82, 2.24) is 15.1 Å². The number of rotatable bonds is 7. The summed E-state index contributed by atoms with van der Waals surface area (Å²) in [4.78, 5) is 2.40. The quantitative estimate of drug-likeness (QED) is 0.591. The Morgan fingerprint density at radius 2 is 2.20 bits per heavy atom. The van der Waals surface area contributed by atoms with Crippen LogP contribution in [0.3, 0.4) is 0 Å². The maximum atomic E-state index is 5.64. The van der Waals surface area contributed by atoms with Gasteiger partial charge in [0.25, 0.3) is 0 Å². The molecule has 0 aliphatic heterocycles. The molecule has 86 valence electrons. The Morgan fingerprint density at radius 3 is 2.73 bits per heavy atom. The predicted molar refractivity (Wildman–Crippen MR) is 63.9 cm³/mol. The summed E-state index contributed by atoms with van der Waals surface area (Å²) in [5, 5.41) is 9.79. The molecule has 5 heteroatoms. The molecule has 0 bridgehead atoms. The van der Waals surface area contributed by atoms with Gasteiger partial charge in [0.05, 0.1) is 11.9 Å². The van der Waals surface area contributed by atoms with E-state index in [1.165, 1.54) is 0 Å². The molecule has 0 atom stereocenters. The molecule has 1 aromatic heterocycles. The van der Waals surface area contributed by atoms with Crippen molar-refractivity contribution < 1.29 is 0 Å². The second-order valence-electron chi connectivity index (χ2n) is 3.50. The van der Waals surface area contributed by atoms with Crippen LogP contribution >= 0.6 is 0 Å². The van der Waals surface area contributed by atoms with Crippen molar-refractivity contribution in [3.8, 4) is 0 Å². The zero-order chi connectivity index (χ0) is 11.1. The lowest BCUT2D eigenvalue weighted by atomic mass is 10.3. The molecule has 0 amide bonds. The fourth-order valence-electron chi connectivity index (χ4n) is 1.50. The summed E-state index contributed by atoms with van der Waals surface area (Å²) in [7, 11) is 0. The number of anilines is 2. The number of aromatic nitrogens is 2. The van der Waals surface area contributed by atoms with Gasteiger partial charge in [-0.15, -0.1) is 0 Å². The Kier molecular flexibility index (Phi) is 4.97. The van der Waals surface area contributed by atoms with Crippen LogP contribution < -0.4 is 11.1 Å². The van der Waals surface area contributed by atoms with Crippen molar-refractivity contribution >= 4 is 11.5 Å². The molecule has 1 aromatic rings. The van der Waals surface area contributed by atoms with Crippen LogP contribution in [-0.2, 0) is 0 Å². The van der Waals surface area contributed by atoms with Crippen molar-refractivity contribution in [3.63, 3.8) is 0 Å². The maximum absolute atomic E-state index is 5.64. The Morgan fingerprint density at radius 1 is 1.47 bits per heavy atom. The van der Waals surface area contributed by atoms with Crippen LogP contribution in [0.5, 0.6) is 0 Å². The maximum Gasteiger partial charge on any atom is 0.142 e. The molecule has 0 aliphatic rings. The second kappa shape index (κ2) is 6.29. The largest absolute Gasteiger partial charge is 0.382 e. The summed E-state index contributed by atoms with van der Waals surface area (Å²) < 4.78 is 0. The van der Waals surface area contributed by atoms with Crippen molar-refractivity contribution in [2.45, 2.75) is 20.3 Å². The Balaban J connectivity index is 2.14. The molecule has 1 heterocycles. The smallest absolute Gasteiger partial charge is 0.142 e. The molecule has 0 saturated heterocycles. The third-order valence-electron chi connectivity index (χ3n) is 2.53. The van der Waals surface area contributed by atoms with E-state index >= 15 is 0 Å². The van der Waals surface area contributed by atoms with E-state index in [0.717, 1.165) is 38.3 Å². The van der Waals surface area contributed by atoms with Crippen molar-refractivity contribution in [2.24, 2.45) is 0 Å². The molecule has 5 nitrogen and oxygen atoms in total. The van der Waals surface area contributed by atoms with Gasteiger partial charge in [0.15, 0.2) is 0 Å². The summed E-state index contributed by atoms with van der Waals surface area (Å²) in [5.41, 5.74) is 6.54. The molecule has 15 heavy (non-hydrogen) atoms. The lowest BCUT2D eigenvalue weighted by Gasteiger charge is -2.17. The molecule has 0 saturated carbocycles. The highest BCUT2D eigenvalue weighted by Gasteiger charge is 2.00. The summed E-state index contributed by atoms with van der Waals surface area (Å²) in [6.07, 6.45) is 2.83. The van der Waals surface area contributed by atoms with Crippen molar-refractivity contribution in [1.29, 1.82) is 0 Å². The number of nitrogens with one attached hydrogen (secondary N) is 2. The van der Waals surface area contributed by atoms with E-state index < -0.39 is 0 Å². The number of nitrogens with two attached hydrogens (primary N) is 1. The van der Waals surface area contributed by atoms with Gasteiger partial charge in [0.2, 0.25) is 0 Å². The van der Waals surface area contributed by atoms with E-state index in [-0.39, 0.29) is 0 Å². The monoisotopic (exact) mass is 211 g/mol. The molecular formula is C10H21N5. The molecule has 0 aromatic carbocycles. The summed E-state index contributed by atoms with van der Waals surface area (Å²) in [6, 6.07) is 0. The number of nitrogen functional groups attached to an aromatic ring is 1. The van der Waals surface area contributed by atoms with Crippen LogP contribution in [0.4, 0.5) is 11.5 Å². The number of nitrogens with zero attached hydrogens (tertiary/aromatic N) is 2. The normalized spacial score (nSPS) is 10.9. The third-order valence-corrected chi connectivity index (χ3v) is 2.53. The minimum absolute atomic E-state index is 0.609. The third kappa shape index (κ3) is 3.79. The summed E-state index contributed by atoms with van der Waals surface area (Å²) >= 11 is 0. The topological polar surface area (TPSA) is 70.0 Å². The zero-order valence-electron chi connectivity index (χ0n) is 9.58. The average molecular weight is 211 g/mol. The highest BCUT2D eigenvalue weighted by Crippen LogP contribution is 2.12. The highest BCUT2D eigenvalue weighted by molar-refractivity contribution is 5.59. The van der Waals surface area contributed by atoms with Gasteiger partial charge < -0.3 is 16.0 Å². The fourth-order valence-corrected chi connectivity index (χ4v) is 1.50. The van der Waals surface area contributed by atoms with E-state index in [1.54, 1.807) is 6.20 Å². The predicted octanol–water partition coefficient (Wildman–Crippen LogP) is 1.14. The Hall–Kier alpha value is -1.23. The van der Waals surface area contributed by atoms with Crippen LogP contribution in [-0.4, -0.2) is 41.3 Å². The van der Waals surface area contributed by atoms with Crippen LogP contribution in [0.1, 0.15) is 20.3 Å². The number of aromatic amines is 1. The number of H-pyrrole nitrogens is 1. The van der Waals surface area contributed by atoms with Gasteiger partial charge >= 0.3 is 0 Å². The molecule has 0 fully saturated rings. The molecule has 0 aliphatic carbocycles. The van der Waals surface area contributed by atoms with Crippen LogP contribution in [0.25, 0.3) is 0 Å². The van der Waals surface area contributed by atoms with E-state index in [2.05, 4.69) is 34.3 Å². The van der Waals surface area contributed by atoms with E-state index in [9.17, 15) is 0 Å². The van der Waals surface area contributed by atoms with Gasteiger partial charge in [-0.2, -0.15) is 5.10 Å². The second-order valence-corrected chi connectivity index (χ2v) is 3.50. The van der Waals surface area contributed by atoms with Crippen LogP contribution in [0.2, 0.25) is 0 Å². The van der Waals surface area contributed by atoms with E-state index in [4.69, 9.17) is 5.73 Å². The van der Waals surface area contributed by atoms with Gasteiger partial charge in [-0.05, 0) is 26.1 Å². The lowest BCUT2D eigenvalue weighted by Crippen LogP contribution is -2.25. The van der Waals surface area contributed by atoms with Gasteiger partial charge in [0, 0.05) is 6.54 Å². The first-order chi connectivity index (χ1) is 7.27. The molecule has 4 N–H and O–H groups in total. The lowest BCUT2D eigenvalue weighted by molar-refractivity contribution is 0.303. The molecular weight excluding hydrogens is 190 g/mol. The summed E-state index contributed by atoms with van der Waals surface area (Å²) in [5.74, 6) is 0.609. The minimum Gasteiger partial charge on any atom is -0.382 e. The minimum atomic E-state index is 0.609. The summed E-state index contributed by atoms with van der Waals surface area (Å²) in [6.45, 7) is 8.66. The van der Waals surface area contributed by atoms with Gasteiger partial charge in [-0.1, -0.05) is 13.8 Å². The SMILES string of the molecule is CCN(CC)CCCNc1cn[nH]c1N. The standard InChI is InChI=1S/C10H21N5/c1-3-15(4-2)7-5-6-12-9-8-13-14-10(9)11/h8,12H,3-7H2,1-2H3,(H3,11,13,14). The van der Waals surface area contributed by atoms with Crippen LogP contribution in [0.15, 0.2) is 6.20 Å². The molecule has 0 radical (unpaired) electrons. The first kappa shape index (κ1) is 11.8. The highest BCUT2D eigenvalue weighted by atomic mass is 15.2. The molecule has 0 spiro atoms. The Labute approximate surface area is 91.0 Å². The van der Waals surface area contributed by atoms with Crippen molar-refractivity contribution in [3.05, 3.63) is 6.20 Å². The average Bonchev–Trinajstić information content (AvgIpc) is 2.65.